The minimum absolute atomic E-state index is 0.857. The van der Waals surface area contributed by atoms with Gasteiger partial charge in [0.05, 0.1) is 6.54 Å². The number of nitrogens with zero attached hydrogens (tertiary/aromatic N) is 4. The number of hydrogen-bond acceptors (Lipinski definition) is 7. The molecule has 2 heterocycles. The van der Waals surface area contributed by atoms with Crippen LogP contribution >= 0.6 is 22.7 Å². The fourth-order valence-corrected chi connectivity index (χ4v) is 3.34. The van der Waals surface area contributed by atoms with Gasteiger partial charge in [-0.1, -0.05) is 25.2 Å². The van der Waals surface area contributed by atoms with E-state index in [0.29, 0.717) is 0 Å². The molecule has 5 nitrogen and oxygen atoms in total. The smallest absolute Gasteiger partial charge is 0.206 e. The second-order valence-electron chi connectivity index (χ2n) is 4.03. The Morgan fingerprint density at radius 3 is 2.68 bits per heavy atom. The topological polar surface area (TPSA) is 53.9 Å². The molecular formula is C12H19N5S2. The molecule has 1 N–H and O–H groups in total. The molecule has 2 aromatic rings. The maximum Gasteiger partial charge on any atom is 0.206 e. The fraction of sp³-hybridized carbons (Fsp3) is 0.583. The molecule has 0 aliphatic carbocycles. The predicted molar refractivity (Wildman–Crippen MR) is 81.8 cm³/mol. The van der Waals surface area contributed by atoms with Crippen molar-refractivity contribution in [3.63, 3.8) is 0 Å². The van der Waals surface area contributed by atoms with E-state index in [9.17, 15) is 0 Å². The molecule has 19 heavy (non-hydrogen) atoms. The van der Waals surface area contributed by atoms with Gasteiger partial charge in [-0.25, -0.2) is 4.98 Å². The molecule has 2 aromatic heterocycles. The summed E-state index contributed by atoms with van der Waals surface area (Å²) >= 11 is 3.24. The van der Waals surface area contributed by atoms with E-state index in [2.05, 4.69) is 44.6 Å². The summed E-state index contributed by atoms with van der Waals surface area (Å²) < 4.78 is 0. The van der Waals surface area contributed by atoms with Crippen LogP contribution in [-0.4, -0.2) is 39.7 Å². The van der Waals surface area contributed by atoms with Crippen LogP contribution in [0, 0.1) is 0 Å². The van der Waals surface area contributed by atoms with Crippen LogP contribution in [0.3, 0.4) is 0 Å². The van der Waals surface area contributed by atoms with Gasteiger partial charge in [-0.2, -0.15) is 0 Å². The van der Waals surface area contributed by atoms with E-state index >= 15 is 0 Å². The Bertz CT molecular complexity index is 504. The second-order valence-corrected chi connectivity index (χ2v) is 5.95. The van der Waals surface area contributed by atoms with Gasteiger partial charge in [-0.3, -0.25) is 4.90 Å². The summed E-state index contributed by atoms with van der Waals surface area (Å²) in [7, 11) is 0. The summed E-state index contributed by atoms with van der Waals surface area (Å²) in [5, 5.41) is 16.4. The van der Waals surface area contributed by atoms with Crippen molar-refractivity contribution in [3.05, 3.63) is 10.4 Å². The third-order valence-corrected chi connectivity index (χ3v) is 4.51. The lowest BCUT2D eigenvalue weighted by atomic mass is 10.5. The number of rotatable bonds is 7. The number of anilines is 1. The highest BCUT2D eigenvalue weighted by Gasteiger charge is 2.11. The Labute approximate surface area is 121 Å². The summed E-state index contributed by atoms with van der Waals surface area (Å²) in [4.78, 5) is 7.00. The molecule has 2 rings (SSSR count). The van der Waals surface area contributed by atoms with Crippen molar-refractivity contribution in [3.8, 4) is 10.7 Å². The number of thiazole rings is 1. The highest BCUT2D eigenvalue weighted by atomic mass is 32.1. The lowest BCUT2D eigenvalue weighted by molar-refractivity contribution is 0.295. The molecule has 0 atom stereocenters. The van der Waals surface area contributed by atoms with Crippen LogP contribution in [0.1, 0.15) is 25.8 Å². The molecule has 104 valence electrons. The Morgan fingerprint density at radius 1 is 1.21 bits per heavy atom. The zero-order valence-electron chi connectivity index (χ0n) is 11.5. The summed E-state index contributed by atoms with van der Waals surface area (Å²) in [5.74, 6) is 0. The average Bonchev–Trinajstić information content (AvgIpc) is 3.05. The van der Waals surface area contributed by atoms with Gasteiger partial charge in [0.1, 0.15) is 10.7 Å². The van der Waals surface area contributed by atoms with Crippen molar-refractivity contribution in [2.24, 2.45) is 0 Å². The van der Waals surface area contributed by atoms with Gasteiger partial charge in [-0.15, -0.1) is 21.5 Å². The van der Waals surface area contributed by atoms with Gasteiger partial charge in [0, 0.05) is 11.9 Å². The number of aromatic nitrogens is 3. The summed E-state index contributed by atoms with van der Waals surface area (Å²) in [6, 6.07) is 0. The Hall–Kier alpha value is -1.05. The van der Waals surface area contributed by atoms with Crippen molar-refractivity contribution >= 4 is 27.8 Å². The van der Waals surface area contributed by atoms with Gasteiger partial charge in [0.25, 0.3) is 0 Å². The minimum Gasteiger partial charge on any atom is -0.360 e. The quantitative estimate of drug-likeness (QED) is 0.851. The minimum atomic E-state index is 0.857. The summed E-state index contributed by atoms with van der Waals surface area (Å²) in [6.07, 6.45) is 0. The third kappa shape index (κ3) is 3.71. The largest absolute Gasteiger partial charge is 0.360 e. The monoisotopic (exact) mass is 297 g/mol. The first kappa shape index (κ1) is 14.4. The molecule has 0 radical (unpaired) electrons. The first-order valence-corrected chi connectivity index (χ1v) is 8.20. The highest BCUT2D eigenvalue weighted by Crippen LogP contribution is 2.27. The Balaban J connectivity index is 2.07. The van der Waals surface area contributed by atoms with Crippen molar-refractivity contribution in [2.75, 3.05) is 25.0 Å². The van der Waals surface area contributed by atoms with Gasteiger partial charge in [0.2, 0.25) is 5.13 Å². The first-order chi connectivity index (χ1) is 9.26. The molecule has 0 bridgehead atoms. The molecule has 0 unspecified atom stereocenters. The highest BCUT2D eigenvalue weighted by molar-refractivity contribution is 7.18. The van der Waals surface area contributed by atoms with Gasteiger partial charge in [-0.05, 0) is 20.0 Å². The van der Waals surface area contributed by atoms with Crippen LogP contribution in [-0.2, 0) is 6.54 Å². The van der Waals surface area contributed by atoms with Crippen molar-refractivity contribution in [1.29, 1.82) is 0 Å². The molecule has 0 aromatic carbocycles. The third-order valence-electron chi connectivity index (χ3n) is 2.78. The zero-order chi connectivity index (χ0) is 13.7. The van der Waals surface area contributed by atoms with Crippen molar-refractivity contribution < 1.29 is 0 Å². The SMILES string of the molecule is CCNc1nnc(-c2csc(CN(CC)CC)n2)s1. The van der Waals surface area contributed by atoms with Crippen molar-refractivity contribution in [1.82, 2.24) is 20.1 Å². The van der Waals surface area contributed by atoms with Crippen LogP contribution in [0.25, 0.3) is 10.7 Å². The van der Waals surface area contributed by atoms with Crippen LogP contribution in [0.5, 0.6) is 0 Å². The molecular weight excluding hydrogens is 278 g/mol. The number of nitrogens with one attached hydrogen (secondary N) is 1. The average molecular weight is 297 g/mol. The Kier molecular flexibility index (Phi) is 5.24. The molecule has 7 heteroatoms. The molecule has 0 fully saturated rings. The fourth-order valence-electron chi connectivity index (χ4n) is 1.67. The summed E-state index contributed by atoms with van der Waals surface area (Å²) in [5.41, 5.74) is 0.939. The predicted octanol–water partition coefficient (Wildman–Crippen LogP) is 2.94. The first-order valence-electron chi connectivity index (χ1n) is 6.51. The molecule has 0 saturated carbocycles. The van der Waals surface area contributed by atoms with E-state index in [4.69, 9.17) is 0 Å². The molecule has 0 aliphatic rings. The van der Waals surface area contributed by atoms with Gasteiger partial charge in [0.15, 0.2) is 5.01 Å². The van der Waals surface area contributed by atoms with E-state index in [1.165, 1.54) is 0 Å². The van der Waals surface area contributed by atoms with E-state index in [-0.39, 0.29) is 0 Å². The zero-order valence-corrected chi connectivity index (χ0v) is 13.1. The Morgan fingerprint density at radius 2 is 2.00 bits per heavy atom. The van der Waals surface area contributed by atoms with E-state index in [1.807, 2.05) is 6.92 Å². The van der Waals surface area contributed by atoms with E-state index in [1.54, 1.807) is 22.7 Å². The lowest BCUT2D eigenvalue weighted by Crippen LogP contribution is -2.21. The lowest BCUT2D eigenvalue weighted by Gasteiger charge is -2.15. The van der Waals surface area contributed by atoms with Gasteiger partial charge < -0.3 is 5.32 Å². The molecule has 0 spiro atoms. The van der Waals surface area contributed by atoms with E-state index in [0.717, 1.165) is 47.0 Å². The maximum absolute atomic E-state index is 4.65. The standard InChI is InChI=1S/C12H19N5S2/c1-4-13-12-16-15-11(19-12)9-8-18-10(14-9)7-17(5-2)6-3/h8H,4-7H2,1-3H3,(H,13,16). The molecule has 0 saturated heterocycles. The van der Waals surface area contributed by atoms with Crippen LogP contribution < -0.4 is 5.32 Å². The van der Waals surface area contributed by atoms with Gasteiger partial charge >= 0.3 is 0 Å². The summed E-state index contributed by atoms with van der Waals surface area (Å²) in [6.45, 7) is 10.3. The second kappa shape index (κ2) is 6.93. The maximum atomic E-state index is 4.65. The van der Waals surface area contributed by atoms with Crippen LogP contribution in [0.4, 0.5) is 5.13 Å². The van der Waals surface area contributed by atoms with E-state index < -0.39 is 0 Å². The normalized spacial score (nSPS) is 11.2. The molecule has 0 amide bonds. The van der Waals surface area contributed by atoms with Crippen LogP contribution in [0.15, 0.2) is 5.38 Å². The van der Waals surface area contributed by atoms with Crippen LogP contribution in [0.2, 0.25) is 0 Å². The molecule has 0 aliphatic heterocycles. The number of hydrogen-bond donors (Lipinski definition) is 1. The van der Waals surface area contributed by atoms with Crippen molar-refractivity contribution in [2.45, 2.75) is 27.3 Å².